The van der Waals surface area contributed by atoms with Crippen molar-refractivity contribution >= 4 is 27.3 Å². The highest BCUT2D eigenvalue weighted by atomic mass is 32.2. The Labute approximate surface area is 186 Å². The number of nitrogens with one attached hydrogen (secondary N) is 1. The Bertz CT molecular complexity index is 1130. The van der Waals surface area contributed by atoms with E-state index >= 15 is 0 Å². The molecule has 1 heterocycles. The van der Waals surface area contributed by atoms with Gasteiger partial charge in [-0.1, -0.05) is 6.07 Å². The van der Waals surface area contributed by atoms with Gasteiger partial charge in [0.1, 0.15) is 16.4 Å². The van der Waals surface area contributed by atoms with Crippen LogP contribution in [0.5, 0.6) is 11.5 Å². The Balaban J connectivity index is 1.82. The van der Waals surface area contributed by atoms with Gasteiger partial charge in [0.15, 0.2) is 0 Å². The molecule has 2 aromatic carbocycles. The third kappa shape index (κ3) is 4.68. The van der Waals surface area contributed by atoms with Crippen LogP contribution in [0.1, 0.15) is 18.4 Å². The number of piperidine rings is 1. The van der Waals surface area contributed by atoms with Gasteiger partial charge >= 0.3 is 0 Å². The van der Waals surface area contributed by atoms with E-state index in [4.69, 9.17) is 9.47 Å². The second kappa shape index (κ2) is 9.53. The third-order valence-corrected chi connectivity index (χ3v) is 7.39. The number of methoxy groups -OCH3 is 2. The summed E-state index contributed by atoms with van der Waals surface area (Å²) in [4.78, 5) is 23.5. The molecule has 1 aliphatic heterocycles. The minimum Gasteiger partial charge on any atom is -0.497 e. The topological polar surface area (TPSA) is 128 Å². The molecule has 0 aliphatic carbocycles. The summed E-state index contributed by atoms with van der Waals surface area (Å²) in [5, 5.41) is 13.9. The number of carbonyl (C=O) groups is 1. The first-order valence-electron chi connectivity index (χ1n) is 9.96. The maximum atomic E-state index is 13.3. The molecule has 1 amide bonds. The highest BCUT2D eigenvalue weighted by molar-refractivity contribution is 7.89. The molecule has 0 saturated carbocycles. The van der Waals surface area contributed by atoms with E-state index in [1.54, 1.807) is 19.1 Å². The van der Waals surface area contributed by atoms with Crippen molar-refractivity contribution in [2.75, 3.05) is 32.6 Å². The number of ether oxygens (including phenoxy) is 2. The number of rotatable bonds is 7. The van der Waals surface area contributed by atoms with Crippen molar-refractivity contribution in [3.63, 3.8) is 0 Å². The molecule has 0 unspecified atom stereocenters. The molecular formula is C21H25N3O7S. The van der Waals surface area contributed by atoms with Crippen molar-refractivity contribution in [1.29, 1.82) is 0 Å². The average molecular weight is 464 g/mol. The summed E-state index contributed by atoms with van der Waals surface area (Å²) >= 11 is 0. The Morgan fingerprint density at radius 2 is 1.97 bits per heavy atom. The third-order valence-electron chi connectivity index (χ3n) is 5.50. The molecule has 1 fully saturated rings. The van der Waals surface area contributed by atoms with E-state index in [9.17, 15) is 23.3 Å². The predicted molar refractivity (Wildman–Crippen MR) is 117 cm³/mol. The molecule has 0 spiro atoms. The van der Waals surface area contributed by atoms with Crippen LogP contribution in [0.2, 0.25) is 0 Å². The molecule has 0 radical (unpaired) electrons. The predicted octanol–water partition coefficient (Wildman–Crippen LogP) is 2.96. The Morgan fingerprint density at radius 3 is 2.62 bits per heavy atom. The average Bonchev–Trinajstić information content (AvgIpc) is 2.79. The Hall–Kier alpha value is -3.18. The van der Waals surface area contributed by atoms with E-state index in [0.717, 1.165) is 0 Å². The molecule has 1 N–H and O–H groups in total. The van der Waals surface area contributed by atoms with Gasteiger partial charge in [0.2, 0.25) is 15.9 Å². The highest BCUT2D eigenvalue weighted by Crippen LogP contribution is 2.33. The number of amides is 1. The molecule has 0 aromatic heterocycles. The van der Waals surface area contributed by atoms with Gasteiger partial charge in [-0.15, -0.1) is 0 Å². The van der Waals surface area contributed by atoms with Crippen molar-refractivity contribution in [2.24, 2.45) is 5.92 Å². The lowest BCUT2D eigenvalue weighted by Crippen LogP contribution is -2.43. The maximum Gasteiger partial charge on any atom is 0.274 e. The van der Waals surface area contributed by atoms with E-state index in [0.29, 0.717) is 29.8 Å². The monoisotopic (exact) mass is 463 g/mol. The fourth-order valence-electron chi connectivity index (χ4n) is 3.69. The molecule has 10 nitrogen and oxygen atoms in total. The zero-order valence-corrected chi connectivity index (χ0v) is 18.8. The van der Waals surface area contributed by atoms with Crippen LogP contribution in [0.3, 0.4) is 0 Å². The van der Waals surface area contributed by atoms with Crippen LogP contribution in [0.15, 0.2) is 41.3 Å². The molecule has 1 aliphatic rings. The molecule has 11 heteroatoms. The number of nitrogens with zero attached hydrogens (tertiary/aromatic N) is 2. The number of benzene rings is 2. The van der Waals surface area contributed by atoms with Crippen LogP contribution in [0.4, 0.5) is 11.4 Å². The van der Waals surface area contributed by atoms with E-state index in [1.807, 2.05) is 0 Å². The van der Waals surface area contributed by atoms with Gasteiger partial charge in [0, 0.05) is 25.2 Å². The summed E-state index contributed by atoms with van der Waals surface area (Å²) in [5.41, 5.74) is 0.576. The number of hydrogen-bond acceptors (Lipinski definition) is 7. The zero-order chi connectivity index (χ0) is 23.5. The Kier molecular flexibility index (Phi) is 6.99. The van der Waals surface area contributed by atoms with E-state index in [2.05, 4.69) is 5.32 Å². The molecule has 32 heavy (non-hydrogen) atoms. The lowest BCUT2D eigenvalue weighted by Gasteiger charge is -2.31. The molecular weight excluding hydrogens is 438 g/mol. The van der Waals surface area contributed by atoms with Crippen molar-refractivity contribution in [2.45, 2.75) is 24.7 Å². The summed E-state index contributed by atoms with van der Waals surface area (Å²) in [6, 6.07) is 8.95. The minimum absolute atomic E-state index is 0.0114. The number of sulfonamides is 1. The standard InChI is InChI=1S/C21H25N3O7S/c1-14-17(7-4-8-18(14)24(26)27)22-21(25)15-6-5-11-23(13-15)32(28,29)20-12-16(30-2)9-10-19(20)31-3/h4,7-10,12,15H,5-6,11,13H2,1-3H3,(H,22,25)/t15-/m1/s1. The molecule has 172 valence electrons. The molecule has 1 saturated heterocycles. The first-order chi connectivity index (χ1) is 15.2. The smallest absolute Gasteiger partial charge is 0.274 e. The summed E-state index contributed by atoms with van der Waals surface area (Å²) in [7, 11) is -1.12. The van der Waals surface area contributed by atoms with Crippen molar-refractivity contribution in [3.05, 3.63) is 52.1 Å². The second-order valence-corrected chi connectivity index (χ2v) is 9.32. The van der Waals surface area contributed by atoms with E-state index in [-0.39, 0.29) is 35.3 Å². The Morgan fingerprint density at radius 1 is 1.22 bits per heavy atom. The van der Waals surface area contributed by atoms with Crippen LogP contribution in [0, 0.1) is 23.0 Å². The van der Waals surface area contributed by atoms with Gasteiger partial charge < -0.3 is 14.8 Å². The van der Waals surface area contributed by atoms with Gasteiger partial charge in [-0.25, -0.2) is 8.42 Å². The molecule has 3 rings (SSSR count). The van der Waals surface area contributed by atoms with Gasteiger partial charge in [0.25, 0.3) is 5.69 Å². The highest BCUT2D eigenvalue weighted by Gasteiger charge is 2.35. The van der Waals surface area contributed by atoms with Gasteiger partial charge in [-0.2, -0.15) is 4.31 Å². The molecule has 0 bridgehead atoms. The first-order valence-corrected chi connectivity index (χ1v) is 11.4. The number of carbonyl (C=O) groups excluding carboxylic acids is 1. The number of hydrogen-bond donors (Lipinski definition) is 1. The van der Waals surface area contributed by atoms with Gasteiger partial charge in [-0.3, -0.25) is 14.9 Å². The van der Waals surface area contributed by atoms with Crippen molar-refractivity contribution < 1.29 is 27.6 Å². The number of anilines is 1. The lowest BCUT2D eigenvalue weighted by atomic mass is 9.98. The fraction of sp³-hybridized carbons (Fsp3) is 0.381. The van der Waals surface area contributed by atoms with E-state index in [1.165, 1.54) is 42.8 Å². The zero-order valence-electron chi connectivity index (χ0n) is 18.0. The van der Waals surface area contributed by atoms with Crippen LogP contribution < -0.4 is 14.8 Å². The normalized spacial score (nSPS) is 16.9. The maximum absolute atomic E-state index is 13.3. The lowest BCUT2D eigenvalue weighted by molar-refractivity contribution is -0.385. The SMILES string of the molecule is COc1ccc(OC)c(S(=O)(=O)N2CCC[C@@H](C(=O)Nc3cccc([N+](=O)[O-])c3C)C2)c1. The van der Waals surface area contributed by atoms with Crippen molar-refractivity contribution in [3.8, 4) is 11.5 Å². The van der Waals surface area contributed by atoms with Crippen LogP contribution in [-0.4, -0.2) is 50.9 Å². The molecule has 1 atom stereocenters. The quantitative estimate of drug-likeness (QED) is 0.494. The molecule has 2 aromatic rings. The summed E-state index contributed by atoms with van der Waals surface area (Å²) in [6.07, 6.45) is 0.999. The number of nitro benzene ring substituents is 1. The number of nitro groups is 1. The largest absolute Gasteiger partial charge is 0.497 e. The fourth-order valence-corrected chi connectivity index (χ4v) is 5.39. The summed E-state index contributed by atoms with van der Waals surface area (Å²) in [6.45, 7) is 1.81. The summed E-state index contributed by atoms with van der Waals surface area (Å²) in [5.74, 6) is -0.429. The summed E-state index contributed by atoms with van der Waals surface area (Å²) < 4.78 is 38.3. The van der Waals surface area contributed by atoms with Crippen LogP contribution >= 0.6 is 0 Å². The van der Waals surface area contributed by atoms with Crippen LogP contribution in [0.25, 0.3) is 0 Å². The van der Waals surface area contributed by atoms with Gasteiger partial charge in [0.05, 0.1) is 36.3 Å². The van der Waals surface area contributed by atoms with E-state index < -0.39 is 20.9 Å². The van der Waals surface area contributed by atoms with Gasteiger partial charge in [-0.05, 0) is 38.0 Å². The van der Waals surface area contributed by atoms with Crippen LogP contribution in [-0.2, 0) is 14.8 Å². The second-order valence-electron chi connectivity index (χ2n) is 7.42. The first kappa shape index (κ1) is 23.5. The van der Waals surface area contributed by atoms with Crippen molar-refractivity contribution in [1.82, 2.24) is 4.31 Å². The minimum atomic E-state index is -3.94.